The van der Waals surface area contributed by atoms with Crippen LogP contribution >= 0.6 is 0 Å². The number of nitrogens with one attached hydrogen (secondary N) is 1. The Labute approximate surface area is 68.7 Å². The lowest BCUT2D eigenvalue weighted by molar-refractivity contribution is 0.0106. The van der Waals surface area contributed by atoms with Crippen molar-refractivity contribution < 1.29 is 9.94 Å². The maximum Gasteiger partial charge on any atom is 0.0653 e. The molecular weight excluding hydrogens is 142 g/mol. The Morgan fingerprint density at radius 3 is 2.45 bits per heavy atom. The normalized spacial score (nSPS) is 16.4. The Bertz CT molecular complexity index is 92.1. The summed E-state index contributed by atoms with van der Waals surface area (Å²) in [7, 11) is 0. The summed E-state index contributed by atoms with van der Waals surface area (Å²) in [6.07, 6.45) is 0.948. The van der Waals surface area contributed by atoms with Gasteiger partial charge in [0.05, 0.1) is 6.61 Å². The maximum absolute atomic E-state index is 8.99. The predicted molar refractivity (Wildman–Crippen MR) is 45.1 cm³/mol. The highest BCUT2D eigenvalue weighted by molar-refractivity contribution is 4.71. The second-order valence-corrected chi connectivity index (χ2v) is 3.08. The highest BCUT2D eigenvalue weighted by atomic mass is 16.6. The first-order chi connectivity index (χ1) is 5.18. The summed E-state index contributed by atoms with van der Waals surface area (Å²) in [4.78, 5) is 4.97. The van der Waals surface area contributed by atoms with Crippen molar-refractivity contribution in [3.8, 4) is 0 Å². The van der Waals surface area contributed by atoms with E-state index in [1.54, 1.807) is 0 Å². The zero-order valence-corrected chi connectivity index (χ0v) is 7.68. The van der Waals surface area contributed by atoms with Gasteiger partial charge >= 0.3 is 0 Å². The maximum atomic E-state index is 8.99. The van der Waals surface area contributed by atoms with Crippen molar-refractivity contribution in [2.45, 2.75) is 27.2 Å². The summed E-state index contributed by atoms with van der Waals surface area (Å²) < 4.78 is 0. The summed E-state index contributed by atoms with van der Waals surface area (Å²) in [6.45, 7) is 7.57. The van der Waals surface area contributed by atoms with Crippen LogP contribution in [0.5, 0.6) is 0 Å². The fourth-order valence-electron chi connectivity index (χ4n) is 0.620. The lowest BCUT2D eigenvalue weighted by Crippen LogP contribution is -2.34. The predicted octanol–water partition coefficient (Wildman–Crippen LogP) is 0.936. The number of aliphatic hydroxyl groups excluding tert-OH is 1. The van der Waals surface area contributed by atoms with Gasteiger partial charge < -0.3 is 9.94 Å². The van der Waals surface area contributed by atoms with Gasteiger partial charge in [-0.15, -0.1) is 0 Å². The third kappa shape index (κ3) is 4.35. The van der Waals surface area contributed by atoms with Crippen molar-refractivity contribution in [2.75, 3.05) is 19.8 Å². The van der Waals surface area contributed by atoms with Crippen LogP contribution in [0.4, 0.5) is 0 Å². The zero-order chi connectivity index (χ0) is 8.74. The Morgan fingerprint density at radius 2 is 2.09 bits per heavy atom. The molecular formula is C8H19NO2. The van der Waals surface area contributed by atoms with E-state index in [0.717, 1.165) is 6.42 Å². The first-order valence-corrected chi connectivity index (χ1v) is 4.14. The molecule has 0 aromatic rings. The molecule has 2 N–H and O–H groups in total. The van der Waals surface area contributed by atoms with Gasteiger partial charge in [-0.1, -0.05) is 13.8 Å². The zero-order valence-electron chi connectivity index (χ0n) is 7.68. The molecule has 0 aliphatic carbocycles. The molecule has 0 aliphatic rings. The Kier molecular flexibility index (Phi) is 5.46. The summed E-state index contributed by atoms with van der Waals surface area (Å²) in [5.41, 5.74) is 2.77. The molecule has 0 amide bonds. The first kappa shape index (κ1) is 10.9. The summed E-state index contributed by atoms with van der Waals surface area (Å²) in [6, 6.07) is 0. The van der Waals surface area contributed by atoms with E-state index in [9.17, 15) is 0 Å². The van der Waals surface area contributed by atoms with E-state index in [2.05, 4.69) is 12.4 Å². The molecule has 0 aromatic heterocycles. The van der Waals surface area contributed by atoms with Gasteiger partial charge in [-0.3, -0.25) is 0 Å². The van der Waals surface area contributed by atoms with Crippen molar-refractivity contribution in [1.82, 2.24) is 5.48 Å². The van der Waals surface area contributed by atoms with Crippen LogP contribution in [0.1, 0.15) is 27.2 Å². The molecule has 0 rings (SSSR count). The molecule has 0 spiro atoms. The van der Waals surface area contributed by atoms with Crippen LogP contribution < -0.4 is 5.48 Å². The van der Waals surface area contributed by atoms with Gasteiger partial charge in [0.1, 0.15) is 0 Å². The molecule has 0 heterocycles. The minimum absolute atomic E-state index is 0.0465. The highest BCUT2D eigenvalue weighted by Gasteiger charge is 2.20. The standard InChI is InChI=1S/C8H19NO2/c1-4-8(3,7-10)6-9-11-5-2/h9-10H,4-7H2,1-3H3. The molecule has 0 aliphatic heterocycles. The van der Waals surface area contributed by atoms with Crippen molar-refractivity contribution in [2.24, 2.45) is 5.41 Å². The number of hydroxylamine groups is 1. The van der Waals surface area contributed by atoms with Crippen molar-refractivity contribution in [3.05, 3.63) is 0 Å². The van der Waals surface area contributed by atoms with E-state index in [1.165, 1.54) is 0 Å². The van der Waals surface area contributed by atoms with E-state index in [4.69, 9.17) is 9.94 Å². The molecule has 3 heteroatoms. The van der Waals surface area contributed by atoms with Crippen LogP contribution in [0.2, 0.25) is 0 Å². The lowest BCUT2D eigenvalue weighted by atomic mass is 9.89. The van der Waals surface area contributed by atoms with Crippen LogP contribution in [0.3, 0.4) is 0 Å². The van der Waals surface area contributed by atoms with E-state index in [1.807, 2.05) is 13.8 Å². The second kappa shape index (κ2) is 5.52. The van der Waals surface area contributed by atoms with E-state index >= 15 is 0 Å². The Morgan fingerprint density at radius 1 is 1.45 bits per heavy atom. The Balaban J connectivity index is 3.51. The van der Waals surface area contributed by atoms with Gasteiger partial charge in [0, 0.05) is 18.6 Å². The van der Waals surface area contributed by atoms with E-state index in [0.29, 0.717) is 13.2 Å². The van der Waals surface area contributed by atoms with Gasteiger partial charge in [-0.25, -0.2) is 5.48 Å². The SMILES string of the molecule is CCONCC(C)(CC)CO. The smallest absolute Gasteiger partial charge is 0.0653 e. The highest BCUT2D eigenvalue weighted by Crippen LogP contribution is 2.17. The van der Waals surface area contributed by atoms with E-state index in [-0.39, 0.29) is 12.0 Å². The second-order valence-electron chi connectivity index (χ2n) is 3.08. The van der Waals surface area contributed by atoms with Gasteiger partial charge in [0.25, 0.3) is 0 Å². The number of hydrogen-bond donors (Lipinski definition) is 2. The summed E-state index contributed by atoms with van der Waals surface area (Å²) in [5, 5.41) is 8.99. The molecule has 1 atom stereocenters. The third-order valence-electron chi connectivity index (χ3n) is 1.98. The van der Waals surface area contributed by atoms with Crippen molar-refractivity contribution >= 4 is 0 Å². The fourth-order valence-corrected chi connectivity index (χ4v) is 0.620. The number of hydrogen-bond acceptors (Lipinski definition) is 3. The fraction of sp³-hybridized carbons (Fsp3) is 1.00. The van der Waals surface area contributed by atoms with Gasteiger partial charge in [0.2, 0.25) is 0 Å². The van der Waals surface area contributed by atoms with E-state index < -0.39 is 0 Å². The van der Waals surface area contributed by atoms with Gasteiger partial charge in [-0.05, 0) is 13.3 Å². The molecule has 0 bridgehead atoms. The summed E-state index contributed by atoms with van der Waals surface area (Å²) in [5.74, 6) is 0. The number of aliphatic hydroxyl groups is 1. The molecule has 11 heavy (non-hydrogen) atoms. The van der Waals surface area contributed by atoms with Crippen molar-refractivity contribution in [1.29, 1.82) is 0 Å². The molecule has 0 saturated carbocycles. The van der Waals surface area contributed by atoms with Crippen LogP contribution in [0.25, 0.3) is 0 Å². The van der Waals surface area contributed by atoms with Crippen LogP contribution in [0, 0.1) is 5.41 Å². The average Bonchev–Trinajstić information content (AvgIpc) is 2.05. The molecule has 0 fully saturated rings. The molecule has 1 unspecified atom stereocenters. The van der Waals surface area contributed by atoms with Crippen LogP contribution in [0.15, 0.2) is 0 Å². The molecule has 0 aromatic carbocycles. The molecule has 0 radical (unpaired) electrons. The Hall–Kier alpha value is -0.120. The molecule has 0 saturated heterocycles. The van der Waals surface area contributed by atoms with Crippen LogP contribution in [-0.4, -0.2) is 24.9 Å². The van der Waals surface area contributed by atoms with Gasteiger partial charge in [0.15, 0.2) is 0 Å². The third-order valence-corrected chi connectivity index (χ3v) is 1.98. The quantitative estimate of drug-likeness (QED) is 0.450. The first-order valence-electron chi connectivity index (χ1n) is 4.14. The summed E-state index contributed by atoms with van der Waals surface area (Å²) >= 11 is 0. The minimum Gasteiger partial charge on any atom is -0.396 e. The molecule has 3 nitrogen and oxygen atoms in total. The molecule has 68 valence electrons. The lowest BCUT2D eigenvalue weighted by Gasteiger charge is -2.25. The monoisotopic (exact) mass is 161 g/mol. The van der Waals surface area contributed by atoms with Gasteiger partial charge in [-0.2, -0.15) is 0 Å². The largest absolute Gasteiger partial charge is 0.396 e. The average molecular weight is 161 g/mol. The van der Waals surface area contributed by atoms with Crippen LogP contribution in [-0.2, 0) is 4.84 Å². The topological polar surface area (TPSA) is 41.5 Å². The number of rotatable bonds is 6. The van der Waals surface area contributed by atoms with Crippen molar-refractivity contribution in [3.63, 3.8) is 0 Å². The minimum atomic E-state index is -0.0465.